The van der Waals surface area contributed by atoms with Crippen LogP contribution in [0.1, 0.15) is 112 Å². The Morgan fingerprint density at radius 2 is 0.971 bits per heavy atom. The van der Waals surface area contributed by atoms with Crippen LogP contribution in [0.25, 0.3) is 0 Å². The Morgan fingerprint density at radius 3 is 1.34 bits per heavy atom. The largest absolute Gasteiger partial charge is 0.490 e. The number of unbranched alkanes of at least 4 members (excludes halogenated alkanes) is 9. The van der Waals surface area contributed by atoms with Gasteiger partial charge in [-0.25, -0.2) is 0 Å². The van der Waals surface area contributed by atoms with Crippen LogP contribution in [0, 0.1) is 0 Å². The van der Waals surface area contributed by atoms with Gasteiger partial charge in [0.25, 0.3) is 0 Å². The van der Waals surface area contributed by atoms with E-state index in [0.29, 0.717) is 42.4 Å². The molecule has 0 atom stereocenters. The first-order chi connectivity index (χ1) is 17.1. The summed E-state index contributed by atoms with van der Waals surface area (Å²) in [5.41, 5.74) is 0. The van der Waals surface area contributed by atoms with Crippen molar-refractivity contribution in [1.82, 2.24) is 0 Å². The Morgan fingerprint density at radius 1 is 0.571 bits per heavy atom. The highest BCUT2D eigenvalue weighted by atomic mass is 31.2. The molecule has 35 heavy (non-hydrogen) atoms. The van der Waals surface area contributed by atoms with Gasteiger partial charge in [0.1, 0.15) is 0 Å². The molecule has 1 aromatic rings. The van der Waals surface area contributed by atoms with Crippen LogP contribution in [-0.4, -0.2) is 33.0 Å². The first-order valence-corrected chi connectivity index (χ1v) is 15.6. The van der Waals surface area contributed by atoms with E-state index < -0.39 is 7.60 Å². The molecule has 0 unspecified atom stereocenters. The van der Waals surface area contributed by atoms with Gasteiger partial charge >= 0.3 is 7.60 Å². The van der Waals surface area contributed by atoms with Gasteiger partial charge in [0.15, 0.2) is 11.5 Å². The van der Waals surface area contributed by atoms with E-state index in [1.165, 1.54) is 38.5 Å². The third kappa shape index (κ3) is 12.5. The maximum Gasteiger partial charge on any atom is 0.361 e. The van der Waals surface area contributed by atoms with E-state index in [1.807, 2.05) is 13.8 Å². The Hall–Kier alpha value is -1.23. The fraction of sp³-hybridized carbons (Fsp3) is 0.786. The molecule has 0 heterocycles. The van der Waals surface area contributed by atoms with E-state index in [9.17, 15) is 4.57 Å². The molecule has 0 saturated heterocycles. The van der Waals surface area contributed by atoms with Gasteiger partial charge in [0.2, 0.25) is 5.75 Å². The summed E-state index contributed by atoms with van der Waals surface area (Å²) in [7, 11) is -3.50. The minimum atomic E-state index is -3.50. The lowest BCUT2D eigenvalue weighted by molar-refractivity contribution is 0.227. The molecule has 0 bridgehead atoms. The summed E-state index contributed by atoms with van der Waals surface area (Å²) >= 11 is 0. The molecule has 0 spiro atoms. The molecule has 0 aliphatic heterocycles. The predicted molar refractivity (Wildman–Crippen MR) is 146 cm³/mol. The molecule has 1 aromatic carbocycles. The lowest BCUT2D eigenvalue weighted by atomic mass is 10.2. The fourth-order valence-corrected chi connectivity index (χ4v) is 5.33. The molecule has 7 heteroatoms. The van der Waals surface area contributed by atoms with Crippen molar-refractivity contribution in [3.8, 4) is 17.2 Å². The third-order valence-corrected chi connectivity index (χ3v) is 7.76. The average molecular weight is 515 g/mol. The van der Waals surface area contributed by atoms with Crippen molar-refractivity contribution in [2.24, 2.45) is 0 Å². The van der Waals surface area contributed by atoms with Gasteiger partial charge in [-0.1, -0.05) is 78.6 Å². The normalized spacial score (nSPS) is 11.6. The molecule has 0 radical (unpaired) electrons. The van der Waals surface area contributed by atoms with Gasteiger partial charge in [-0.05, 0) is 45.2 Å². The van der Waals surface area contributed by atoms with Crippen molar-refractivity contribution in [2.45, 2.75) is 112 Å². The second kappa shape index (κ2) is 19.9. The van der Waals surface area contributed by atoms with E-state index in [-0.39, 0.29) is 13.2 Å². The SMILES string of the molecule is CCCCCCOc1cc(P(=O)(OCC)OCC)cc(OCCCCCC)c1OCCCCCC. The summed E-state index contributed by atoms with van der Waals surface area (Å²) in [4.78, 5) is 0. The van der Waals surface area contributed by atoms with Crippen molar-refractivity contribution in [3.05, 3.63) is 12.1 Å². The van der Waals surface area contributed by atoms with Crippen LogP contribution >= 0.6 is 7.60 Å². The summed E-state index contributed by atoms with van der Waals surface area (Å²) < 4.78 is 43.5. The lowest BCUT2D eigenvalue weighted by Crippen LogP contribution is -2.14. The van der Waals surface area contributed by atoms with Gasteiger partial charge in [0.05, 0.1) is 38.3 Å². The molecule has 0 aliphatic carbocycles. The summed E-state index contributed by atoms with van der Waals surface area (Å²) in [5, 5.41) is 0.451. The van der Waals surface area contributed by atoms with Crippen LogP contribution in [0.5, 0.6) is 17.2 Å². The monoisotopic (exact) mass is 514 g/mol. The maximum absolute atomic E-state index is 13.6. The maximum atomic E-state index is 13.6. The smallest absolute Gasteiger partial charge is 0.361 e. The highest BCUT2D eigenvalue weighted by Crippen LogP contribution is 2.50. The summed E-state index contributed by atoms with van der Waals surface area (Å²) in [5.74, 6) is 1.70. The van der Waals surface area contributed by atoms with Crippen molar-refractivity contribution < 1.29 is 27.8 Å². The number of hydrogen-bond donors (Lipinski definition) is 0. The average Bonchev–Trinajstić information content (AvgIpc) is 2.84. The van der Waals surface area contributed by atoms with Gasteiger partial charge in [0, 0.05) is 0 Å². The highest BCUT2D eigenvalue weighted by molar-refractivity contribution is 7.62. The molecular weight excluding hydrogens is 463 g/mol. The zero-order valence-corrected chi connectivity index (χ0v) is 24.0. The van der Waals surface area contributed by atoms with Crippen molar-refractivity contribution in [2.75, 3.05) is 33.0 Å². The number of ether oxygens (including phenoxy) is 3. The summed E-state index contributed by atoms with van der Waals surface area (Å²) in [6, 6.07) is 3.52. The molecular formula is C28H51O6P. The van der Waals surface area contributed by atoms with Crippen LogP contribution in [0.2, 0.25) is 0 Å². The second-order valence-electron chi connectivity index (χ2n) is 8.83. The molecule has 0 aliphatic rings. The van der Waals surface area contributed by atoms with Crippen molar-refractivity contribution >= 4 is 12.9 Å². The van der Waals surface area contributed by atoms with Crippen molar-refractivity contribution in [1.29, 1.82) is 0 Å². The molecule has 0 N–H and O–H groups in total. The Balaban J connectivity index is 3.25. The van der Waals surface area contributed by atoms with E-state index in [0.717, 1.165) is 38.5 Å². The minimum absolute atomic E-state index is 0.285. The van der Waals surface area contributed by atoms with E-state index in [4.69, 9.17) is 23.3 Å². The van der Waals surface area contributed by atoms with Crippen LogP contribution in [0.3, 0.4) is 0 Å². The molecule has 204 valence electrons. The lowest BCUT2D eigenvalue weighted by Gasteiger charge is -2.22. The van der Waals surface area contributed by atoms with Gasteiger partial charge in [-0.2, -0.15) is 0 Å². The summed E-state index contributed by atoms with van der Waals surface area (Å²) in [6.07, 6.45) is 13.3. The van der Waals surface area contributed by atoms with E-state index in [1.54, 1.807) is 12.1 Å². The van der Waals surface area contributed by atoms with E-state index >= 15 is 0 Å². The topological polar surface area (TPSA) is 63.2 Å². The fourth-order valence-electron chi connectivity index (χ4n) is 3.73. The molecule has 1 rings (SSSR count). The Bertz CT molecular complexity index is 664. The Kier molecular flexibility index (Phi) is 18.1. The van der Waals surface area contributed by atoms with Gasteiger partial charge < -0.3 is 23.3 Å². The molecule has 0 saturated carbocycles. The van der Waals surface area contributed by atoms with Crippen LogP contribution in [-0.2, 0) is 13.6 Å². The van der Waals surface area contributed by atoms with Crippen LogP contribution in [0.15, 0.2) is 12.1 Å². The highest BCUT2D eigenvalue weighted by Gasteiger charge is 2.30. The third-order valence-electron chi connectivity index (χ3n) is 5.68. The second-order valence-corrected chi connectivity index (χ2v) is 10.9. The molecule has 0 aromatic heterocycles. The molecule has 0 fully saturated rings. The zero-order chi connectivity index (χ0) is 25.8. The first-order valence-electron chi connectivity index (χ1n) is 14.0. The minimum Gasteiger partial charge on any atom is -0.490 e. The van der Waals surface area contributed by atoms with E-state index in [2.05, 4.69) is 20.8 Å². The quantitative estimate of drug-likeness (QED) is 0.108. The number of benzene rings is 1. The number of hydrogen-bond acceptors (Lipinski definition) is 6. The molecule has 6 nitrogen and oxygen atoms in total. The molecule has 0 amide bonds. The first kappa shape index (κ1) is 31.8. The standard InChI is InChI=1S/C28H51O6P/c1-6-11-14-17-20-30-26-23-25(35(29,33-9-4)34-10-5)24-27(31-21-18-15-12-7-2)28(26)32-22-19-16-13-8-3/h23-24H,6-22H2,1-5H3. The van der Waals surface area contributed by atoms with Crippen molar-refractivity contribution in [3.63, 3.8) is 0 Å². The Labute approximate surface area is 214 Å². The van der Waals surface area contributed by atoms with Crippen LogP contribution in [0.4, 0.5) is 0 Å². The predicted octanol–water partition coefficient (Wildman–Crippen LogP) is 8.46. The zero-order valence-electron chi connectivity index (χ0n) is 23.1. The number of rotatable bonds is 23. The van der Waals surface area contributed by atoms with Gasteiger partial charge in [-0.3, -0.25) is 4.57 Å². The van der Waals surface area contributed by atoms with Gasteiger partial charge in [-0.15, -0.1) is 0 Å². The van der Waals surface area contributed by atoms with Crippen LogP contribution < -0.4 is 19.5 Å². The summed E-state index contributed by atoms with van der Waals surface area (Å²) in [6.45, 7) is 12.5.